The first-order valence-electron chi connectivity index (χ1n) is 6.78. The number of hydrogen-bond donors (Lipinski definition) is 1. The van der Waals surface area contributed by atoms with E-state index in [2.05, 4.69) is 4.98 Å². The van der Waals surface area contributed by atoms with Gasteiger partial charge in [-0.2, -0.15) is 5.26 Å². The zero-order valence-corrected chi connectivity index (χ0v) is 11.8. The van der Waals surface area contributed by atoms with Gasteiger partial charge in [-0.25, -0.2) is 8.78 Å². The third-order valence-electron chi connectivity index (χ3n) is 3.46. The lowest BCUT2D eigenvalue weighted by Gasteiger charge is -2.00. The van der Waals surface area contributed by atoms with E-state index in [1.807, 2.05) is 6.07 Å². The van der Waals surface area contributed by atoms with Crippen molar-refractivity contribution in [2.24, 2.45) is 0 Å². The van der Waals surface area contributed by atoms with Gasteiger partial charge < -0.3 is 4.98 Å². The minimum Gasteiger partial charge on any atom is -0.360 e. The highest BCUT2D eigenvalue weighted by atomic mass is 19.1. The fraction of sp³-hybridized carbons (Fsp3) is 0. The first-order chi connectivity index (χ1) is 11.1. The molecule has 3 rings (SSSR count). The van der Waals surface area contributed by atoms with Crippen molar-refractivity contribution in [1.82, 2.24) is 4.98 Å². The topological polar surface area (TPSA) is 56.6 Å². The van der Waals surface area contributed by atoms with Gasteiger partial charge in [0.15, 0.2) is 0 Å². The normalized spacial score (nSPS) is 11.4. The van der Waals surface area contributed by atoms with Crippen molar-refractivity contribution in [3.8, 4) is 6.07 Å². The fourth-order valence-corrected chi connectivity index (χ4v) is 2.33. The van der Waals surface area contributed by atoms with Crippen molar-refractivity contribution in [2.45, 2.75) is 0 Å². The second kappa shape index (κ2) is 5.85. The molecule has 0 aliphatic carbocycles. The minimum atomic E-state index is -0.703. The van der Waals surface area contributed by atoms with Gasteiger partial charge in [0.25, 0.3) is 0 Å². The third-order valence-corrected chi connectivity index (χ3v) is 3.46. The van der Waals surface area contributed by atoms with E-state index in [9.17, 15) is 18.8 Å². The Labute approximate surface area is 130 Å². The number of carbonyl (C=O) groups excluding carboxylic acids is 1. The number of nitrogens with zero attached hydrogens (tertiary/aromatic N) is 1. The molecule has 0 unspecified atom stereocenters. The Hall–Kier alpha value is -3.26. The van der Waals surface area contributed by atoms with E-state index >= 15 is 0 Å². The van der Waals surface area contributed by atoms with Crippen LogP contribution in [-0.2, 0) is 0 Å². The molecule has 3 aromatic rings. The molecule has 0 aliphatic rings. The average molecular weight is 308 g/mol. The van der Waals surface area contributed by atoms with E-state index < -0.39 is 17.4 Å². The zero-order valence-electron chi connectivity index (χ0n) is 11.8. The molecule has 1 heterocycles. The SMILES string of the molecule is N#CC(=Cc1cc(F)ccc1F)C(=O)c1c[nH]c2ccccc12. The Morgan fingerprint density at radius 1 is 1.17 bits per heavy atom. The summed E-state index contributed by atoms with van der Waals surface area (Å²) >= 11 is 0. The summed E-state index contributed by atoms with van der Waals surface area (Å²) in [5.41, 5.74) is 0.657. The first-order valence-corrected chi connectivity index (χ1v) is 6.78. The van der Waals surface area contributed by atoms with Crippen LogP contribution in [-0.4, -0.2) is 10.8 Å². The van der Waals surface area contributed by atoms with Gasteiger partial charge in [0.05, 0.1) is 0 Å². The summed E-state index contributed by atoms with van der Waals surface area (Å²) in [5.74, 6) is -1.89. The number of allylic oxidation sites excluding steroid dienone is 1. The smallest absolute Gasteiger partial charge is 0.205 e. The molecular weight excluding hydrogens is 298 g/mol. The molecule has 5 heteroatoms. The largest absolute Gasteiger partial charge is 0.360 e. The monoisotopic (exact) mass is 308 g/mol. The second-order valence-electron chi connectivity index (χ2n) is 4.91. The van der Waals surface area contributed by atoms with Gasteiger partial charge in [0, 0.05) is 28.2 Å². The van der Waals surface area contributed by atoms with Crippen LogP contribution in [0.2, 0.25) is 0 Å². The first kappa shape index (κ1) is 14.7. The van der Waals surface area contributed by atoms with E-state index in [4.69, 9.17) is 0 Å². The molecule has 3 nitrogen and oxygen atoms in total. The summed E-state index contributed by atoms with van der Waals surface area (Å²) in [7, 11) is 0. The number of Topliss-reactive ketones (excluding diaryl/α,β-unsaturated/α-hetero) is 1. The highest BCUT2D eigenvalue weighted by Gasteiger charge is 2.17. The number of benzene rings is 2. The number of nitriles is 1. The van der Waals surface area contributed by atoms with Crippen LogP contribution >= 0.6 is 0 Å². The van der Waals surface area contributed by atoms with Gasteiger partial charge in [0.1, 0.15) is 23.3 Å². The quantitative estimate of drug-likeness (QED) is 0.447. The summed E-state index contributed by atoms with van der Waals surface area (Å²) in [6, 6.07) is 11.8. The molecule has 0 spiro atoms. The van der Waals surface area contributed by atoms with Crippen molar-refractivity contribution < 1.29 is 13.6 Å². The molecule has 0 saturated heterocycles. The summed E-state index contributed by atoms with van der Waals surface area (Å²) < 4.78 is 26.9. The third kappa shape index (κ3) is 2.74. The molecule has 0 amide bonds. The van der Waals surface area contributed by atoms with Crippen molar-refractivity contribution in [2.75, 3.05) is 0 Å². The molecule has 112 valence electrons. The van der Waals surface area contributed by atoms with Gasteiger partial charge in [-0.15, -0.1) is 0 Å². The molecule has 0 atom stereocenters. The maximum absolute atomic E-state index is 13.7. The maximum atomic E-state index is 13.7. The highest BCUT2D eigenvalue weighted by molar-refractivity contribution is 6.19. The molecule has 0 bridgehead atoms. The number of aromatic amines is 1. The van der Waals surface area contributed by atoms with Crippen LogP contribution in [0.5, 0.6) is 0 Å². The average Bonchev–Trinajstić information content (AvgIpc) is 2.99. The fourth-order valence-electron chi connectivity index (χ4n) is 2.33. The maximum Gasteiger partial charge on any atom is 0.205 e. The number of H-pyrrole nitrogens is 1. The lowest BCUT2D eigenvalue weighted by atomic mass is 10.0. The van der Waals surface area contributed by atoms with E-state index in [0.717, 1.165) is 29.8 Å². The van der Waals surface area contributed by atoms with E-state index in [0.29, 0.717) is 10.9 Å². The molecule has 0 radical (unpaired) electrons. The Balaban J connectivity index is 2.07. The van der Waals surface area contributed by atoms with Gasteiger partial charge >= 0.3 is 0 Å². The number of halogens is 2. The minimum absolute atomic E-state index is 0.144. The number of carbonyl (C=O) groups is 1. The van der Waals surface area contributed by atoms with Gasteiger partial charge in [-0.1, -0.05) is 18.2 Å². The van der Waals surface area contributed by atoms with Crippen LogP contribution in [0.4, 0.5) is 8.78 Å². The van der Waals surface area contributed by atoms with Gasteiger partial charge in [0.2, 0.25) is 5.78 Å². The Kier molecular flexibility index (Phi) is 3.73. The number of ketones is 1. The molecular formula is C18H10F2N2O. The molecule has 23 heavy (non-hydrogen) atoms. The molecule has 2 aromatic carbocycles. The number of fused-ring (bicyclic) bond motifs is 1. The second-order valence-corrected chi connectivity index (χ2v) is 4.91. The van der Waals surface area contributed by atoms with Gasteiger partial charge in [-0.3, -0.25) is 4.79 Å². The van der Waals surface area contributed by atoms with Crippen LogP contribution < -0.4 is 0 Å². The van der Waals surface area contributed by atoms with Crippen LogP contribution in [0.15, 0.2) is 54.2 Å². The van der Waals surface area contributed by atoms with Crippen molar-refractivity contribution in [3.63, 3.8) is 0 Å². The van der Waals surface area contributed by atoms with E-state index in [-0.39, 0.29) is 11.1 Å². The summed E-state index contributed by atoms with van der Waals surface area (Å²) in [5, 5.41) is 9.89. The number of para-hydroxylation sites is 1. The van der Waals surface area contributed by atoms with Crippen molar-refractivity contribution in [1.29, 1.82) is 5.26 Å². The predicted octanol–water partition coefficient (Wildman–Crippen LogP) is 4.24. The van der Waals surface area contributed by atoms with Crippen molar-refractivity contribution in [3.05, 3.63) is 77.0 Å². The van der Waals surface area contributed by atoms with Gasteiger partial charge in [-0.05, 0) is 30.3 Å². The summed E-state index contributed by atoms with van der Waals surface area (Å²) in [6.45, 7) is 0. The number of nitrogens with one attached hydrogen (secondary N) is 1. The van der Waals surface area contributed by atoms with E-state index in [1.54, 1.807) is 24.3 Å². The van der Waals surface area contributed by atoms with Crippen molar-refractivity contribution >= 4 is 22.8 Å². The number of hydrogen-bond acceptors (Lipinski definition) is 2. The molecule has 1 N–H and O–H groups in total. The number of rotatable bonds is 3. The van der Waals surface area contributed by atoms with Crippen LogP contribution in [0.1, 0.15) is 15.9 Å². The Morgan fingerprint density at radius 3 is 2.74 bits per heavy atom. The Bertz CT molecular complexity index is 980. The summed E-state index contributed by atoms with van der Waals surface area (Å²) in [4.78, 5) is 15.5. The van der Waals surface area contributed by atoms with E-state index in [1.165, 1.54) is 6.20 Å². The molecule has 1 aromatic heterocycles. The molecule has 0 fully saturated rings. The van der Waals surface area contributed by atoms with Crippen LogP contribution in [0.25, 0.3) is 17.0 Å². The molecule has 0 saturated carbocycles. The number of aromatic nitrogens is 1. The molecule has 0 aliphatic heterocycles. The lowest BCUT2D eigenvalue weighted by molar-refractivity contribution is 0.104. The Morgan fingerprint density at radius 2 is 1.96 bits per heavy atom. The summed E-state index contributed by atoms with van der Waals surface area (Å²) in [6.07, 6.45) is 2.56. The standard InChI is InChI=1S/C18H10F2N2O/c19-13-5-6-16(20)11(8-13)7-12(9-21)18(23)15-10-22-17-4-2-1-3-14(15)17/h1-8,10,22H. The van der Waals surface area contributed by atoms with Crippen LogP contribution in [0.3, 0.4) is 0 Å². The predicted molar refractivity (Wildman–Crippen MR) is 82.6 cm³/mol. The lowest BCUT2D eigenvalue weighted by Crippen LogP contribution is -2.01. The zero-order chi connectivity index (χ0) is 16.4. The van der Waals surface area contributed by atoms with Crippen LogP contribution in [0, 0.1) is 23.0 Å². The highest BCUT2D eigenvalue weighted by Crippen LogP contribution is 2.22.